The fourth-order valence-electron chi connectivity index (χ4n) is 10.3. The number of benzene rings is 2. The number of imidazole rings is 1. The van der Waals surface area contributed by atoms with Gasteiger partial charge in [-0.05, 0) is 100 Å². The topological polar surface area (TPSA) is 189 Å². The van der Waals surface area contributed by atoms with Gasteiger partial charge in [-0.1, -0.05) is 19.0 Å². The first-order chi connectivity index (χ1) is 31.7. The second-order valence-electron chi connectivity index (χ2n) is 17.7. The molecule has 7 aromatic rings. The Morgan fingerprint density at radius 1 is 0.970 bits per heavy atom. The molecule has 17 nitrogen and oxygen atoms in total. The van der Waals surface area contributed by atoms with E-state index < -0.39 is 30.2 Å². The number of ether oxygens (including phenoxy) is 1. The predicted octanol–water partition coefficient (Wildman–Crippen LogP) is 6.08. The number of rotatable bonds is 11. The number of anilines is 1. The van der Waals surface area contributed by atoms with Crippen LogP contribution in [0.2, 0.25) is 0 Å². The number of aromatic amines is 1. The van der Waals surface area contributed by atoms with Crippen LogP contribution in [0, 0.1) is 19.7 Å². The Morgan fingerprint density at radius 2 is 1.68 bits per heavy atom. The SMILES string of the molecule is CCP(=O)(CC)c1ccc(-n2ccn(-c3c4c(nn3-c3cc(C)c(F)c(C)c3)CCN(C(=O)c3cc5c(=O)n(C6CCOCC6)ccc5n3C3(c5noc(=O)[nH]5)CC3)[C@H]4C)c2=O)cc1NC. The zero-order valence-corrected chi connectivity index (χ0v) is 38.7. The third-order valence-electron chi connectivity index (χ3n) is 14.1. The van der Waals surface area contributed by atoms with Crippen molar-refractivity contribution in [1.29, 1.82) is 0 Å². The molecule has 1 aliphatic carbocycles. The number of carbonyl (C=O) groups is 1. The molecule has 2 N–H and O–H groups in total. The molecule has 7 heterocycles. The summed E-state index contributed by atoms with van der Waals surface area (Å²) >= 11 is 0. The molecule has 0 spiro atoms. The minimum absolute atomic E-state index is 0.0622. The van der Waals surface area contributed by atoms with Gasteiger partial charge in [-0.2, -0.15) is 5.10 Å². The van der Waals surface area contributed by atoms with E-state index in [1.165, 1.54) is 9.13 Å². The Hall–Kier alpha value is -6.52. The van der Waals surface area contributed by atoms with E-state index >= 15 is 9.18 Å². The van der Waals surface area contributed by atoms with E-state index in [0.717, 1.165) is 5.30 Å². The summed E-state index contributed by atoms with van der Waals surface area (Å²) in [5.41, 5.74) is 3.03. The average Bonchev–Trinajstić information content (AvgIpc) is 3.62. The third-order valence-corrected chi connectivity index (χ3v) is 17.4. The summed E-state index contributed by atoms with van der Waals surface area (Å²) in [5, 5.41) is 13.4. The van der Waals surface area contributed by atoms with E-state index in [4.69, 9.17) is 14.4 Å². The molecular formula is C47H52FN10O7P. The van der Waals surface area contributed by atoms with Crippen LogP contribution in [0.1, 0.15) is 97.2 Å². The van der Waals surface area contributed by atoms with Crippen LogP contribution < -0.4 is 27.6 Å². The summed E-state index contributed by atoms with van der Waals surface area (Å²) in [6, 6.07) is 11.6. The van der Waals surface area contributed by atoms with E-state index in [1.807, 2.05) is 43.5 Å². The van der Waals surface area contributed by atoms with Crippen molar-refractivity contribution >= 4 is 34.9 Å². The van der Waals surface area contributed by atoms with Gasteiger partial charge >= 0.3 is 11.4 Å². The van der Waals surface area contributed by atoms with Crippen LogP contribution >= 0.6 is 7.14 Å². The Morgan fingerprint density at radius 3 is 2.33 bits per heavy atom. The van der Waals surface area contributed by atoms with E-state index in [9.17, 15) is 18.9 Å². The summed E-state index contributed by atoms with van der Waals surface area (Å²) < 4.78 is 47.7. The van der Waals surface area contributed by atoms with Crippen molar-refractivity contribution in [3.05, 3.63) is 132 Å². The number of H-pyrrole nitrogens is 1. The lowest BCUT2D eigenvalue weighted by molar-refractivity contribution is 0.0663. The van der Waals surface area contributed by atoms with Crippen molar-refractivity contribution in [2.45, 2.75) is 84.3 Å². The molecule has 1 saturated carbocycles. The highest BCUT2D eigenvalue weighted by Gasteiger charge is 2.53. The first kappa shape index (κ1) is 43.4. The van der Waals surface area contributed by atoms with Crippen LogP contribution in [0.25, 0.3) is 28.1 Å². The lowest BCUT2D eigenvalue weighted by Gasteiger charge is -2.34. The number of hydrogen-bond donors (Lipinski definition) is 2. The van der Waals surface area contributed by atoms with Crippen LogP contribution in [-0.4, -0.2) is 88.1 Å². The van der Waals surface area contributed by atoms with Crippen LogP contribution in [0.15, 0.2) is 80.0 Å². The highest BCUT2D eigenvalue weighted by molar-refractivity contribution is 7.71. The van der Waals surface area contributed by atoms with Crippen molar-refractivity contribution in [3.8, 4) is 17.2 Å². The Labute approximate surface area is 378 Å². The molecule has 344 valence electrons. The minimum atomic E-state index is -2.67. The molecule has 10 rings (SSSR count). The van der Waals surface area contributed by atoms with E-state index in [2.05, 4.69) is 15.5 Å². The number of pyridine rings is 1. The fraction of sp³-hybridized carbons (Fsp3) is 0.404. The monoisotopic (exact) mass is 918 g/mol. The maximum atomic E-state index is 15.4. The minimum Gasteiger partial charge on any atom is -0.387 e. The van der Waals surface area contributed by atoms with Gasteiger partial charge < -0.3 is 28.7 Å². The zero-order valence-electron chi connectivity index (χ0n) is 37.8. The highest BCUT2D eigenvalue weighted by atomic mass is 31.2. The molecule has 0 bridgehead atoms. The number of carbonyl (C=O) groups excluding carboxylic acids is 1. The van der Waals surface area contributed by atoms with Gasteiger partial charge in [0.1, 0.15) is 30.0 Å². The smallest absolute Gasteiger partial charge is 0.387 e. The number of amides is 1. The normalized spacial score (nSPS) is 17.4. The number of fused-ring (bicyclic) bond motifs is 2. The van der Waals surface area contributed by atoms with Crippen molar-refractivity contribution in [2.75, 3.05) is 44.4 Å². The first-order valence-corrected chi connectivity index (χ1v) is 24.6. The van der Waals surface area contributed by atoms with Gasteiger partial charge in [-0.25, -0.2) is 18.7 Å². The molecule has 1 saturated heterocycles. The number of aromatic nitrogens is 8. The van der Waals surface area contributed by atoms with E-state index in [0.29, 0.717) is 114 Å². The summed E-state index contributed by atoms with van der Waals surface area (Å²) in [4.78, 5) is 61.4. The van der Waals surface area contributed by atoms with Gasteiger partial charge in [0.15, 0.2) is 5.82 Å². The summed E-state index contributed by atoms with van der Waals surface area (Å²) in [7, 11) is -0.903. The molecule has 1 amide bonds. The molecule has 1 atom stereocenters. The standard InChI is InChI=1S/C47H52FN10O7P/c1-7-66(63,8-2)38-10-9-31(25-35(38)49-6)55-19-20-56(46(55)62)41-39-29(5)53(17-11-34(39)51-58(41)32-23-27(3)40(48)28(4)24-32)43(60)37-26-33-36(12-18-54(42(33)59)30-13-21-64-22-14-30)57(37)47(15-16-47)44-50-45(61)65-52-44/h9-10,12,18-20,23-26,29-30,49H,7-8,11,13-17,21-22H2,1-6H3,(H,50,52,61)/t29-/m0/s1. The summed E-state index contributed by atoms with van der Waals surface area (Å²) in [6.07, 6.45) is 8.84. The molecule has 66 heavy (non-hydrogen) atoms. The molecule has 19 heteroatoms. The number of nitrogens with one attached hydrogen (secondary N) is 2. The number of nitrogens with zero attached hydrogens (tertiary/aromatic N) is 8. The van der Waals surface area contributed by atoms with Gasteiger partial charge in [0.25, 0.3) is 11.5 Å². The number of halogens is 1. The summed E-state index contributed by atoms with van der Waals surface area (Å²) in [6.45, 7) is 10.4. The van der Waals surface area contributed by atoms with Gasteiger partial charge in [0.2, 0.25) is 0 Å². The molecule has 2 aromatic carbocycles. The molecular weight excluding hydrogens is 867 g/mol. The maximum Gasteiger partial charge on any atom is 0.438 e. The molecule has 2 fully saturated rings. The largest absolute Gasteiger partial charge is 0.438 e. The summed E-state index contributed by atoms with van der Waals surface area (Å²) in [5.74, 6) is -0.789. The molecule has 5 aromatic heterocycles. The van der Waals surface area contributed by atoms with Gasteiger partial charge in [-0.3, -0.25) is 28.2 Å². The van der Waals surface area contributed by atoms with Crippen molar-refractivity contribution in [1.82, 2.24) is 43.1 Å². The van der Waals surface area contributed by atoms with E-state index in [-0.39, 0.29) is 41.4 Å². The first-order valence-electron chi connectivity index (χ1n) is 22.6. The van der Waals surface area contributed by atoms with Crippen LogP contribution in [0.4, 0.5) is 10.1 Å². The van der Waals surface area contributed by atoms with E-state index in [1.54, 1.807) is 77.9 Å². The van der Waals surface area contributed by atoms with Gasteiger partial charge in [0, 0.05) is 86.7 Å². The number of hydrogen-bond acceptors (Lipinski definition) is 10. The second-order valence-corrected chi connectivity index (χ2v) is 21.2. The molecule has 2 aliphatic heterocycles. The number of aryl methyl sites for hydroxylation is 2. The van der Waals surface area contributed by atoms with Gasteiger partial charge in [-0.15, -0.1) is 0 Å². The molecule has 0 radical (unpaired) electrons. The molecule has 0 unspecified atom stereocenters. The van der Waals surface area contributed by atoms with Crippen molar-refractivity contribution in [2.24, 2.45) is 0 Å². The Balaban J connectivity index is 1.12. The lowest BCUT2D eigenvalue weighted by atomic mass is 9.98. The third kappa shape index (κ3) is 6.70. The average molecular weight is 919 g/mol. The zero-order chi connectivity index (χ0) is 46.4. The van der Waals surface area contributed by atoms with Crippen molar-refractivity contribution < 1.29 is 23.0 Å². The van der Waals surface area contributed by atoms with Gasteiger partial charge in [0.05, 0.1) is 34.0 Å². The van der Waals surface area contributed by atoms with Crippen LogP contribution in [-0.2, 0) is 21.3 Å². The highest BCUT2D eigenvalue weighted by Crippen LogP contribution is 2.51. The fourth-order valence-corrected chi connectivity index (χ4v) is 12.4. The van der Waals surface area contributed by atoms with Crippen molar-refractivity contribution in [3.63, 3.8) is 0 Å². The van der Waals surface area contributed by atoms with Crippen LogP contribution in [0.5, 0.6) is 0 Å². The molecule has 3 aliphatic rings. The lowest BCUT2D eigenvalue weighted by Crippen LogP contribution is -2.41. The van der Waals surface area contributed by atoms with Crippen LogP contribution in [0.3, 0.4) is 0 Å². The Kier molecular flexibility index (Phi) is 10.6. The Bertz CT molecular complexity index is 3290. The maximum absolute atomic E-state index is 15.4. The second kappa shape index (κ2) is 16.1. The quantitative estimate of drug-likeness (QED) is 0.144. The predicted molar refractivity (Wildman–Crippen MR) is 248 cm³/mol.